The Morgan fingerprint density at radius 1 is 0.630 bits per heavy atom. The molecule has 0 radical (unpaired) electrons. The van der Waals surface area contributed by atoms with Gasteiger partial charge in [-0.15, -0.1) is 0 Å². The lowest BCUT2D eigenvalue weighted by Crippen LogP contribution is -2.30. The van der Waals surface area contributed by atoms with Crippen LogP contribution in [0.1, 0.15) is 21.5 Å². The normalized spacial score (nSPS) is 10.1. The summed E-state index contributed by atoms with van der Waals surface area (Å²) in [7, 11) is 0. The van der Waals surface area contributed by atoms with Crippen molar-refractivity contribution in [3.8, 4) is 0 Å². The number of nitrogens with one attached hydrogen (secondary N) is 3. The molecule has 0 saturated carbocycles. The number of urea groups is 1. The molecule has 3 aromatic rings. The van der Waals surface area contributed by atoms with E-state index in [2.05, 4.69) is 16.0 Å². The molecule has 0 aliphatic heterocycles. The van der Waals surface area contributed by atoms with Crippen LogP contribution in [0.4, 0.5) is 10.5 Å². The highest BCUT2D eigenvalue weighted by Gasteiger charge is 2.12. The molecule has 3 rings (SSSR count). The van der Waals surface area contributed by atoms with Gasteiger partial charge < -0.3 is 16.0 Å². The van der Waals surface area contributed by atoms with Crippen molar-refractivity contribution in [3.63, 3.8) is 0 Å². The van der Waals surface area contributed by atoms with Crippen LogP contribution < -0.4 is 16.0 Å². The number of carbonyl (C=O) groups is 2. The molecule has 0 atom stereocenters. The van der Waals surface area contributed by atoms with Gasteiger partial charge in [0, 0.05) is 13.1 Å². The van der Waals surface area contributed by atoms with Crippen molar-refractivity contribution in [2.45, 2.75) is 13.1 Å². The summed E-state index contributed by atoms with van der Waals surface area (Å²) < 4.78 is 0. The molecular weight excluding hydrogens is 338 g/mol. The number of hydrogen-bond acceptors (Lipinski definition) is 2. The number of carbonyl (C=O) groups excluding carboxylic acids is 2. The molecule has 0 saturated heterocycles. The second-order valence-corrected chi connectivity index (χ2v) is 6.01. The van der Waals surface area contributed by atoms with Gasteiger partial charge in [0.2, 0.25) is 0 Å². The van der Waals surface area contributed by atoms with Gasteiger partial charge in [-0.25, -0.2) is 4.79 Å². The summed E-state index contributed by atoms with van der Waals surface area (Å²) in [5, 5.41) is 8.41. The highest BCUT2D eigenvalue weighted by atomic mass is 16.2. The Labute approximate surface area is 158 Å². The molecular formula is C22H21N3O2. The molecule has 136 valence electrons. The number of anilines is 1. The van der Waals surface area contributed by atoms with Crippen LogP contribution in [0.5, 0.6) is 0 Å². The van der Waals surface area contributed by atoms with Crippen molar-refractivity contribution in [1.82, 2.24) is 10.6 Å². The first-order valence-corrected chi connectivity index (χ1v) is 8.72. The Balaban J connectivity index is 1.59. The van der Waals surface area contributed by atoms with Gasteiger partial charge >= 0.3 is 6.03 Å². The van der Waals surface area contributed by atoms with Crippen LogP contribution in [0, 0.1) is 0 Å². The van der Waals surface area contributed by atoms with Crippen molar-refractivity contribution in [2.24, 2.45) is 0 Å². The minimum absolute atomic E-state index is 0.238. The zero-order chi connectivity index (χ0) is 18.9. The maximum Gasteiger partial charge on any atom is 0.319 e. The Morgan fingerprint density at radius 3 is 1.78 bits per heavy atom. The van der Waals surface area contributed by atoms with Gasteiger partial charge in [-0.3, -0.25) is 4.79 Å². The smallest absolute Gasteiger partial charge is 0.319 e. The predicted octanol–water partition coefficient (Wildman–Crippen LogP) is 3.94. The van der Waals surface area contributed by atoms with Crippen molar-refractivity contribution in [3.05, 3.63) is 102 Å². The lowest BCUT2D eigenvalue weighted by atomic mass is 10.1. The number of hydrogen-bond donors (Lipinski definition) is 3. The van der Waals surface area contributed by atoms with Crippen LogP contribution in [-0.4, -0.2) is 11.9 Å². The van der Waals surface area contributed by atoms with Crippen LogP contribution in [0.2, 0.25) is 0 Å². The summed E-state index contributed by atoms with van der Waals surface area (Å²) in [6.45, 7) is 0.837. The molecule has 0 fully saturated rings. The molecule has 3 amide bonds. The molecule has 0 aromatic heterocycles. The van der Waals surface area contributed by atoms with E-state index in [-0.39, 0.29) is 11.9 Å². The molecule has 0 unspecified atom stereocenters. The van der Waals surface area contributed by atoms with Crippen molar-refractivity contribution < 1.29 is 9.59 Å². The molecule has 3 aromatic carbocycles. The molecule has 0 heterocycles. The molecule has 3 N–H and O–H groups in total. The molecule has 27 heavy (non-hydrogen) atoms. The number of para-hydroxylation sites is 1. The third kappa shape index (κ3) is 5.44. The van der Waals surface area contributed by atoms with E-state index < -0.39 is 0 Å². The second-order valence-electron chi connectivity index (χ2n) is 6.01. The highest BCUT2D eigenvalue weighted by Crippen LogP contribution is 2.15. The van der Waals surface area contributed by atoms with Crippen molar-refractivity contribution >= 4 is 17.6 Å². The molecule has 5 nitrogen and oxygen atoms in total. The summed E-state index contributed by atoms with van der Waals surface area (Å²) >= 11 is 0. The summed E-state index contributed by atoms with van der Waals surface area (Å²) in [6.07, 6.45) is 0. The van der Waals surface area contributed by atoms with Gasteiger partial charge in [-0.1, -0.05) is 72.8 Å². The molecule has 0 bridgehead atoms. The standard InChI is InChI=1S/C22H21N3O2/c26-21(23-15-17-9-3-1-4-10-17)19-13-7-8-14-20(19)25-22(27)24-16-18-11-5-2-6-12-18/h1-14H,15-16H2,(H,23,26)(H2,24,25,27). The lowest BCUT2D eigenvalue weighted by Gasteiger charge is -2.12. The highest BCUT2D eigenvalue weighted by molar-refractivity contribution is 6.03. The topological polar surface area (TPSA) is 70.2 Å². The van der Waals surface area contributed by atoms with Crippen molar-refractivity contribution in [1.29, 1.82) is 0 Å². The summed E-state index contributed by atoms with van der Waals surface area (Å²) in [5.41, 5.74) is 2.90. The Hall–Kier alpha value is -3.60. The van der Waals surface area contributed by atoms with Crippen LogP contribution >= 0.6 is 0 Å². The van der Waals surface area contributed by atoms with Gasteiger partial charge in [0.15, 0.2) is 0 Å². The van der Waals surface area contributed by atoms with E-state index in [9.17, 15) is 9.59 Å². The quantitative estimate of drug-likeness (QED) is 0.624. The Morgan fingerprint density at radius 2 is 1.15 bits per heavy atom. The van der Waals surface area contributed by atoms with Gasteiger partial charge in [0.25, 0.3) is 5.91 Å². The molecule has 0 aliphatic carbocycles. The fraction of sp³-hybridized carbons (Fsp3) is 0.0909. The van der Waals surface area contributed by atoms with E-state index in [1.807, 2.05) is 60.7 Å². The maximum absolute atomic E-state index is 12.5. The predicted molar refractivity (Wildman–Crippen MR) is 106 cm³/mol. The van der Waals surface area contributed by atoms with E-state index >= 15 is 0 Å². The summed E-state index contributed by atoms with van der Waals surface area (Å²) in [6, 6.07) is 25.9. The van der Waals surface area contributed by atoms with Crippen LogP contribution in [0.25, 0.3) is 0 Å². The zero-order valence-electron chi connectivity index (χ0n) is 14.8. The van der Waals surface area contributed by atoms with E-state index in [1.165, 1.54) is 0 Å². The zero-order valence-corrected chi connectivity index (χ0v) is 14.8. The van der Waals surface area contributed by atoms with Gasteiger partial charge in [0.05, 0.1) is 11.3 Å². The third-order valence-corrected chi connectivity index (χ3v) is 4.01. The second kappa shape index (κ2) is 9.20. The van der Waals surface area contributed by atoms with Crippen LogP contribution in [0.15, 0.2) is 84.9 Å². The van der Waals surface area contributed by atoms with Gasteiger partial charge in [0.1, 0.15) is 0 Å². The minimum atomic E-state index is -0.359. The third-order valence-electron chi connectivity index (χ3n) is 4.01. The number of amides is 3. The first-order chi connectivity index (χ1) is 13.2. The van der Waals surface area contributed by atoms with Crippen LogP contribution in [-0.2, 0) is 13.1 Å². The number of rotatable bonds is 6. The fourth-order valence-corrected chi connectivity index (χ4v) is 2.61. The molecule has 0 aliphatic rings. The molecule has 5 heteroatoms. The first-order valence-electron chi connectivity index (χ1n) is 8.72. The fourth-order valence-electron chi connectivity index (χ4n) is 2.61. The monoisotopic (exact) mass is 359 g/mol. The van der Waals surface area contributed by atoms with E-state index in [0.29, 0.717) is 24.3 Å². The maximum atomic E-state index is 12.5. The Bertz CT molecular complexity index is 896. The SMILES string of the molecule is O=C(NCc1ccccc1)Nc1ccccc1C(=O)NCc1ccccc1. The number of benzene rings is 3. The lowest BCUT2D eigenvalue weighted by molar-refractivity contribution is 0.0952. The van der Waals surface area contributed by atoms with Crippen LogP contribution in [0.3, 0.4) is 0 Å². The first kappa shape index (κ1) is 18.2. The summed E-state index contributed by atoms with van der Waals surface area (Å²) in [4.78, 5) is 24.7. The minimum Gasteiger partial charge on any atom is -0.348 e. The van der Waals surface area contributed by atoms with Crippen molar-refractivity contribution in [2.75, 3.05) is 5.32 Å². The van der Waals surface area contributed by atoms with Gasteiger partial charge in [-0.05, 0) is 23.3 Å². The summed E-state index contributed by atoms with van der Waals surface area (Å²) in [5.74, 6) is -0.238. The largest absolute Gasteiger partial charge is 0.348 e. The molecule has 0 spiro atoms. The average Bonchev–Trinajstić information content (AvgIpc) is 2.72. The average molecular weight is 359 g/mol. The van der Waals surface area contributed by atoms with E-state index in [1.54, 1.807) is 24.3 Å². The van der Waals surface area contributed by atoms with E-state index in [4.69, 9.17) is 0 Å². The Kier molecular flexibility index (Phi) is 6.20. The van der Waals surface area contributed by atoms with E-state index in [0.717, 1.165) is 11.1 Å². The van der Waals surface area contributed by atoms with Gasteiger partial charge in [-0.2, -0.15) is 0 Å².